The second-order valence-corrected chi connectivity index (χ2v) is 6.24. The largest absolute Gasteiger partial charge is 0.312 e. The Balaban J connectivity index is 1.84. The summed E-state index contributed by atoms with van der Waals surface area (Å²) in [6, 6.07) is 4.22. The van der Waals surface area contributed by atoms with E-state index >= 15 is 0 Å². The molecule has 2 N–H and O–H groups in total. The maximum absolute atomic E-state index is 4.19. The molecule has 0 amide bonds. The summed E-state index contributed by atoms with van der Waals surface area (Å²) in [4.78, 5) is 1.26. The fourth-order valence-corrected chi connectivity index (χ4v) is 3.19. The Kier molecular flexibility index (Phi) is 6.27. The predicted octanol–water partition coefficient (Wildman–Crippen LogP) is 4.44. The van der Waals surface area contributed by atoms with Gasteiger partial charge in [0, 0.05) is 12.1 Å². The van der Waals surface area contributed by atoms with Crippen LogP contribution in [-0.4, -0.2) is 16.7 Å². The van der Waals surface area contributed by atoms with Crippen molar-refractivity contribution in [1.82, 2.24) is 15.5 Å². The summed E-state index contributed by atoms with van der Waals surface area (Å²) in [6.07, 6.45) is 7.17. The summed E-state index contributed by atoms with van der Waals surface area (Å²) in [7, 11) is 0. The number of H-pyrrole nitrogens is 1. The second kappa shape index (κ2) is 8.22. The van der Waals surface area contributed by atoms with Crippen molar-refractivity contribution >= 4 is 11.3 Å². The number of nitrogens with one attached hydrogen (secondary N) is 2. The average molecular weight is 291 g/mol. The van der Waals surface area contributed by atoms with Crippen LogP contribution in [0.5, 0.6) is 0 Å². The molecule has 0 radical (unpaired) electrons. The zero-order chi connectivity index (χ0) is 14.2. The van der Waals surface area contributed by atoms with Gasteiger partial charge in [0.25, 0.3) is 0 Å². The van der Waals surface area contributed by atoms with Crippen LogP contribution < -0.4 is 5.32 Å². The first-order chi connectivity index (χ1) is 9.85. The third-order valence-corrected chi connectivity index (χ3v) is 4.66. The van der Waals surface area contributed by atoms with E-state index in [0.29, 0.717) is 0 Å². The van der Waals surface area contributed by atoms with Gasteiger partial charge >= 0.3 is 0 Å². The molecule has 0 aliphatic rings. The van der Waals surface area contributed by atoms with Crippen LogP contribution in [0.4, 0.5) is 0 Å². The Morgan fingerprint density at radius 2 is 2.30 bits per heavy atom. The molecule has 110 valence electrons. The number of hydrogen-bond acceptors (Lipinski definition) is 3. The summed E-state index contributed by atoms with van der Waals surface area (Å²) < 4.78 is 0. The number of thiophene rings is 1. The SMILES string of the molecule is CCCCC(CC)CNCc1cn[nH]c1-c1cccs1. The maximum Gasteiger partial charge on any atom is 0.0794 e. The first-order valence-corrected chi connectivity index (χ1v) is 8.49. The molecule has 1 unspecified atom stereocenters. The van der Waals surface area contributed by atoms with Crippen LogP contribution in [0.3, 0.4) is 0 Å². The Morgan fingerprint density at radius 3 is 3.00 bits per heavy atom. The Morgan fingerprint density at radius 1 is 1.40 bits per heavy atom. The van der Waals surface area contributed by atoms with E-state index in [4.69, 9.17) is 0 Å². The lowest BCUT2D eigenvalue weighted by Gasteiger charge is -2.15. The lowest BCUT2D eigenvalue weighted by Crippen LogP contribution is -2.22. The molecule has 2 aromatic rings. The van der Waals surface area contributed by atoms with Gasteiger partial charge in [-0.1, -0.05) is 39.2 Å². The van der Waals surface area contributed by atoms with Crippen molar-refractivity contribution in [2.24, 2.45) is 5.92 Å². The number of aromatic amines is 1. The molecule has 0 spiro atoms. The van der Waals surface area contributed by atoms with Crippen molar-refractivity contribution < 1.29 is 0 Å². The molecule has 0 fully saturated rings. The Labute approximate surface area is 125 Å². The summed E-state index contributed by atoms with van der Waals surface area (Å²) in [5, 5.41) is 13.0. The lowest BCUT2D eigenvalue weighted by molar-refractivity contribution is 0.419. The molecule has 4 heteroatoms. The van der Waals surface area contributed by atoms with Crippen LogP contribution in [0.15, 0.2) is 23.7 Å². The highest BCUT2D eigenvalue weighted by Crippen LogP contribution is 2.25. The lowest BCUT2D eigenvalue weighted by atomic mass is 9.99. The van der Waals surface area contributed by atoms with E-state index in [1.807, 2.05) is 6.20 Å². The summed E-state index contributed by atoms with van der Waals surface area (Å²) in [6.45, 7) is 6.55. The molecule has 2 aromatic heterocycles. The first-order valence-electron chi connectivity index (χ1n) is 7.62. The number of unbranched alkanes of at least 4 members (excludes halogenated alkanes) is 1. The monoisotopic (exact) mass is 291 g/mol. The minimum atomic E-state index is 0.798. The van der Waals surface area contributed by atoms with E-state index in [9.17, 15) is 0 Å². The molecule has 0 aromatic carbocycles. The number of rotatable bonds is 9. The van der Waals surface area contributed by atoms with Crippen LogP contribution in [0.25, 0.3) is 10.6 Å². The van der Waals surface area contributed by atoms with Crippen molar-refractivity contribution in [3.63, 3.8) is 0 Å². The van der Waals surface area contributed by atoms with Gasteiger partial charge < -0.3 is 5.32 Å². The smallest absolute Gasteiger partial charge is 0.0794 e. The molecule has 0 saturated carbocycles. The third-order valence-electron chi connectivity index (χ3n) is 3.78. The van der Waals surface area contributed by atoms with Gasteiger partial charge in [-0.05, 0) is 30.3 Å². The molecule has 0 saturated heterocycles. The standard InChI is InChI=1S/C16H25N3S/c1-3-5-7-13(4-2)10-17-11-14-12-18-19-16(14)15-8-6-9-20-15/h6,8-9,12-13,17H,3-5,7,10-11H2,1-2H3,(H,18,19). The molecule has 20 heavy (non-hydrogen) atoms. The molecule has 0 aliphatic carbocycles. The summed E-state index contributed by atoms with van der Waals surface area (Å²) in [5.41, 5.74) is 2.42. The van der Waals surface area contributed by atoms with Gasteiger partial charge in [0.15, 0.2) is 0 Å². The van der Waals surface area contributed by atoms with Gasteiger partial charge in [0.2, 0.25) is 0 Å². The highest BCUT2D eigenvalue weighted by Gasteiger charge is 2.10. The zero-order valence-electron chi connectivity index (χ0n) is 12.5. The van der Waals surface area contributed by atoms with Crippen LogP contribution in [0.1, 0.15) is 45.1 Å². The van der Waals surface area contributed by atoms with E-state index in [1.165, 1.54) is 36.1 Å². The number of nitrogens with zero attached hydrogens (tertiary/aromatic N) is 1. The van der Waals surface area contributed by atoms with E-state index in [1.54, 1.807) is 11.3 Å². The highest BCUT2D eigenvalue weighted by molar-refractivity contribution is 7.13. The third kappa shape index (κ3) is 4.18. The highest BCUT2D eigenvalue weighted by atomic mass is 32.1. The Hall–Kier alpha value is -1.13. The van der Waals surface area contributed by atoms with E-state index < -0.39 is 0 Å². The minimum absolute atomic E-state index is 0.798. The first kappa shape index (κ1) is 15.3. The second-order valence-electron chi connectivity index (χ2n) is 5.29. The van der Waals surface area contributed by atoms with Crippen molar-refractivity contribution in [2.75, 3.05) is 6.54 Å². The summed E-state index contributed by atoms with van der Waals surface area (Å²) >= 11 is 1.75. The topological polar surface area (TPSA) is 40.7 Å². The fourth-order valence-electron chi connectivity index (χ4n) is 2.43. The van der Waals surface area contributed by atoms with Crippen molar-refractivity contribution in [1.29, 1.82) is 0 Å². The average Bonchev–Trinajstić information content (AvgIpc) is 3.12. The molecular weight excluding hydrogens is 266 g/mol. The maximum atomic E-state index is 4.19. The van der Waals surface area contributed by atoms with Crippen molar-refractivity contribution in [2.45, 2.75) is 46.1 Å². The summed E-state index contributed by atoms with van der Waals surface area (Å²) in [5.74, 6) is 0.798. The van der Waals surface area contributed by atoms with Gasteiger partial charge in [0.05, 0.1) is 16.8 Å². The molecule has 2 heterocycles. The van der Waals surface area contributed by atoms with E-state index in [-0.39, 0.29) is 0 Å². The van der Waals surface area contributed by atoms with Crippen molar-refractivity contribution in [3.8, 4) is 10.6 Å². The molecule has 2 rings (SSSR count). The molecule has 1 atom stereocenters. The molecule has 0 bridgehead atoms. The fraction of sp³-hybridized carbons (Fsp3) is 0.562. The van der Waals surface area contributed by atoms with Crippen LogP contribution >= 0.6 is 11.3 Å². The van der Waals surface area contributed by atoms with Crippen LogP contribution in [0, 0.1) is 5.92 Å². The normalized spacial score (nSPS) is 12.7. The Bertz CT molecular complexity index is 476. The minimum Gasteiger partial charge on any atom is -0.312 e. The molecular formula is C16H25N3S. The van der Waals surface area contributed by atoms with Crippen molar-refractivity contribution in [3.05, 3.63) is 29.3 Å². The number of aromatic nitrogens is 2. The van der Waals surface area contributed by atoms with Gasteiger partial charge in [-0.25, -0.2) is 0 Å². The van der Waals surface area contributed by atoms with Gasteiger partial charge in [-0.2, -0.15) is 5.10 Å². The van der Waals surface area contributed by atoms with Gasteiger partial charge in [0.1, 0.15) is 0 Å². The predicted molar refractivity (Wildman–Crippen MR) is 86.9 cm³/mol. The number of hydrogen-bond donors (Lipinski definition) is 2. The van der Waals surface area contributed by atoms with Gasteiger partial charge in [-0.3, -0.25) is 5.10 Å². The van der Waals surface area contributed by atoms with E-state index in [0.717, 1.165) is 24.7 Å². The molecule has 0 aliphatic heterocycles. The molecule has 3 nitrogen and oxygen atoms in total. The van der Waals surface area contributed by atoms with Crippen LogP contribution in [-0.2, 0) is 6.54 Å². The van der Waals surface area contributed by atoms with Crippen LogP contribution in [0.2, 0.25) is 0 Å². The zero-order valence-corrected chi connectivity index (χ0v) is 13.3. The van der Waals surface area contributed by atoms with E-state index in [2.05, 4.69) is 46.9 Å². The quantitative estimate of drug-likeness (QED) is 0.717. The van der Waals surface area contributed by atoms with Gasteiger partial charge in [-0.15, -0.1) is 11.3 Å².